The summed E-state index contributed by atoms with van der Waals surface area (Å²) in [5.41, 5.74) is 2.00. The topological polar surface area (TPSA) is 137 Å². The van der Waals surface area contributed by atoms with Crippen molar-refractivity contribution in [2.45, 2.75) is 46.4 Å². The van der Waals surface area contributed by atoms with Crippen molar-refractivity contribution in [3.8, 4) is 11.5 Å². The van der Waals surface area contributed by atoms with Crippen molar-refractivity contribution in [3.63, 3.8) is 0 Å². The van der Waals surface area contributed by atoms with Crippen LogP contribution in [0.5, 0.6) is 11.5 Å². The molecule has 12 heteroatoms. The summed E-state index contributed by atoms with van der Waals surface area (Å²) < 4.78 is 18.0. The van der Waals surface area contributed by atoms with Crippen LogP contribution >= 0.6 is 0 Å². The predicted molar refractivity (Wildman–Crippen MR) is 141 cm³/mol. The van der Waals surface area contributed by atoms with E-state index in [1.807, 2.05) is 24.3 Å². The van der Waals surface area contributed by atoms with E-state index in [9.17, 15) is 9.59 Å². The fourth-order valence-corrected chi connectivity index (χ4v) is 4.85. The maximum Gasteiger partial charge on any atom is 0.327 e. The van der Waals surface area contributed by atoms with Crippen LogP contribution in [0.4, 0.5) is 0 Å². The van der Waals surface area contributed by atoms with Crippen LogP contribution in [0.2, 0.25) is 0 Å². The van der Waals surface area contributed by atoms with Crippen molar-refractivity contribution in [2.75, 3.05) is 19.8 Å². The molecule has 4 heterocycles. The highest BCUT2D eigenvalue weighted by Gasteiger charge is 2.31. The largest absolute Gasteiger partial charge is 0.486 e. The van der Waals surface area contributed by atoms with Crippen molar-refractivity contribution < 1.29 is 19.0 Å². The Balaban J connectivity index is 1.53. The third-order valence-corrected chi connectivity index (χ3v) is 6.50. The fourth-order valence-electron chi connectivity index (χ4n) is 4.85. The lowest BCUT2D eigenvalue weighted by atomic mass is 9.99. The first-order valence-electron chi connectivity index (χ1n) is 12.9. The number of aromatic nitrogens is 6. The smallest absolute Gasteiger partial charge is 0.327 e. The molecule has 0 saturated heterocycles. The minimum Gasteiger partial charge on any atom is -0.486 e. The molecule has 1 atom stereocenters. The number of aromatic amines is 1. The van der Waals surface area contributed by atoms with E-state index in [1.54, 1.807) is 25.4 Å². The second kappa shape index (κ2) is 11.6. The zero-order valence-electron chi connectivity index (χ0n) is 22.2. The Morgan fingerprint density at radius 1 is 1.18 bits per heavy atom. The van der Waals surface area contributed by atoms with Gasteiger partial charge in [-0.2, -0.15) is 0 Å². The van der Waals surface area contributed by atoms with Crippen molar-refractivity contribution in [1.29, 1.82) is 0 Å². The van der Waals surface area contributed by atoms with Crippen molar-refractivity contribution >= 4 is 16.9 Å². The Hall–Kier alpha value is -4.32. The van der Waals surface area contributed by atoms with Crippen molar-refractivity contribution in [1.82, 2.24) is 35.1 Å². The lowest BCUT2D eigenvalue weighted by molar-refractivity contribution is -0.144. The Morgan fingerprint density at radius 3 is 2.69 bits per heavy atom. The van der Waals surface area contributed by atoms with Crippen LogP contribution in [0.15, 0.2) is 47.5 Å². The van der Waals surface area contributed by atoms with Gasteiger partial charge in [0.25, 0.3) is 5.56 Å². The number of pyridine rings is 2. The number of hydrogen-bond acceptors (Lipinski definition) is 10. The van der Waals surface area contributed by atoms with Crippen LogP contribution in [0.25, 0.3) is 10.9 Å². The molecular formula is C27H31N7O5. The number of nitrogens with one attached hydrogen (secondary N) is 1. The first-order valence-corrected chi connectivity index (χ1v) is 12.9. The summed E-state index contributed by atoms with van der Waals surface area (Å²) >= 11 is 0. The van der Waals surface area contributed by atoms with E-state index in [1.165, 1.54) is 4.68 Å². The van der Waals surface area contributed by atoms with Gasteiger partial charge in [0.2, 0.25) is 0 Å². The highest BCUT2D eigenvalue weighted by atomic mass is 16.6. The zero-order valence-corrected chi connectivity index (χ0v) is 22.2. The molecular weight excluding hydrogens is 502 g/mol. The molecule has 1 N–H and O–H groups in total. The van der Waals surface area contributed by atoms with E-state index >= 15 is 0 Å². The Labute approximate surface area is 224 Å². The number of ether oxygens (including phenoxy) is 3. The second-order valence-electron chi connectivity index (χ2n) is 9.66. The van der Waals surface area contributed by atoms with Crippen LogP contribution in [-0.4, -0.2) is 60.9 Å². The number of esters is 1. The normalized spacial score (nSPS) is 13.7. The van der Waals surface area contributed by atoms with Gasteiger partial charge in [-0.3, -0.25) is 19.5 Å². The van der Waals surface area contributed by atoms with Gasteiger partial charge in [0, 0.05) is 42.5 Å². The van der Waals surface area contributed by atoms with Crippen LogP contribution in [0.1, 0.15) is 43.8 Å². The van der Waals surface area contributed by atoms with E-state index in [0.29, 0.717) is 54.7 Å². The molecule has 204 valence electrons. The zero-order chi connectivity index (χ0) is 27.4. The van der Waals surface area contributed by atoms with Gasteiger partial charge in [-0.1, -0.05) is 19.9 Å². The molecule has 1 aromatic carbocycles. The molecule has 0 spiro atoms. The first kappa shape index (κ1) is 26.3. The number of nitrogens with zero attached hydrogens (tertiary/aromatic N) is 6. The van der Waals surface area contributed by atoms with Crippen LogP contribution in [0.3, 0.4) is 0 Å². The van der Waals surface area contributed by atoms with Gasteiger partial charge in [0.15, 0.2) is 17.3 Å². The molecule has 12 nitrogen and oxygen atoms in total. The average Bonchev–Trinajstić information content (AvgIpc) is 3.35. The predicted octanol–water partition coefficient (Wildman–Crippen LogP) is 2.64. The van der Waals surface area contributed by atoms with E-state index < -0.39 is 5.97 Å². The number of carbonyl (C=O) groups is 1. The molecule has 5 rings (SSSR count). The summed E-state index contributed by atoms with van der Waals surface area (Å²) in [6, 6.07) is 9.08. The molecule has 0 bridgehead atoms. The minimum absolute atomic E-state index is 0.0331. The van der Waals surface area contributed by atoms with Crippen LogP contribution < -0.4 is 15.0 Å². The standard InChI is InChI=1S/C27H31N7O5/c1-4-37-24(35)16-34-26(30-31-32-34)25(17(2)3)33(14-18-6-5-7-28-13-18)15-20-10-19-11-22-23(39-9-8-38-22)12-21(19)29-27(20)36/h5-7,10-13,17,25H,4,8-9,14-16H2,1-3H3,(H,29,36). The summed E-state index contributed by atoms with van der Waals surface area (Å²) in [5.74, 6) is 1.39. The quantitative estimate of drug-likeness (QED) is 0.303. The monoisotopic (exact) mass is 533 g/mol. The fraction of sp³-hybridized carbons (Fsp3) is 0.407. The summed E-state index contributed by atoms with van der Waals surface area (Å²) in [6.07, 6.45) is 3.51. The van der Waals surface area contributed by atoms with Crippen molar-refractivity contribution in [3.05, 3.63) is 70.0 Å². The molecule has 39 heavy (non-hydrogen) atoms. The number of carbonyl (C=O) groups excluding carboxylic acids is 1. The van der Waals surface area contributed by atoms with Crippen molar-refractivity contribution in [2.24, 2.45) is 5.92 Å². The van der Waals surface area contributed by atoms with Crippen LogP contribution in [0, 0.1) is 5.92 Å². The Bertz CT molecular complexity index is 1500. The maximum atomic E-state index is 13.3. The molecule has 1 aliphatic rings. The third-order valence-electron chi connectivity index (χ3n) is 6.50. The maximum absolute atomic E-state index is 13.3. The lowest BCUT2D eigenvalue weighted by Crippen LogP contribution is -2.35. The molecule has 0 saturated carbocycles. The summed E-state index contributed by atoms with van der Waals surface area (Å²) in [6.45, 7) is 7.73. The first-order chi connectivity index (χ1) is 18.9. The van der Waals surface area contributed by atoms with E-state index in [0.717, 1.165) is 10.9 Å². The van der Waals surface area contributed by atoms with Gasteiger partial charge < -0.3 is 19.2 Å². The number of rotatable bonds is 10. The van der Waals surface area contributed by atoms with E-state index in [-0.39, 0.29) is 30.7 Å². The highest BCUT2D eigenvalue weighted by molar-refractivity contribution is 5.83. The highest BCUT2D eigenvalue weighted by Crippen LogP contribution is 2.34. The van der Waals surface area contributed by atoms with E-state index in [4.69, 9.17) is 14.2 Å². The van der Waals surface area contributed by atoms with Gasteiger partial charge in [-0.25, -0.2) is 4.68 Å². The second-order valence-corrected chi connectivity index (χ2v) is 9.66. The summed E-state index contributed by atoms with van der Waals surface area (Å²) in [5, 5.41) is 13.0. The Kier molecular flexibility index (Phi) is 7.82. The van der Waals surface area contributed by atoms with Gasteiger partial charge >= 0.3 is 5.97 Å². The lowest BCUT2D eigenvalue weighted by Gasteiger charge is -2.33. The number of fused-ring (bicyclic) bond motifs is 2. The molecule has 0 fully saturated rings. The Morgan fingerprint density at radius 2 is 1.97 bits per heavy atom. The average molecular weight is 534 g/mol. The molecule has 4 aromatic rings. The third kappa shape index (κ3) is 5.90. The minimum atomic E-state index is -0.423. The van der Waals surface area contributed by atoms with E-state index in [2.05, 4.69) is 44.2 Å². The van der Waals surface area contributed by atoms with Crippen LogP contribution in [-0.2, 0) is 29.2 Å². The number of hydrogen-bond donors (Lipinski definition) is 1. The molecule has 1 unspecified atom stereocenters. The molecule has 0 aliphatic carbocycles. The van der Waals surface area contributed by atoms with Gasteiger partial charge in [-0.05, 0) is 47.0 Å². The molecule has 0 radical (unpaired) electrons. The molecule has 0 amide bonds. The molecule has 3 aromatic heterocycles. The van der Waals surface area contributed by atoms with Gasteiger partial charge in [0.1, 0.15) is 19.8 Å². The number of H-pyrrole nitrogens is 1. The number of tetrazole rings is 1. The SMILES string of the molecule is CCOC(=O)Cn1nnnc1C(C(C)C)N(Cc1cccnc1)Cc1cc2cc3c(cc2[nH]c1=O)OCCO3. The molecule has 1 aliphatic heterocycles. The van der Waals surface area contributed by atoms with Gasteiger partial charge in [-0.15, -0.1) is 5.10 Å². The summed E-state index contributed by atoms with van der Waals surface area (Å²) in [4.78, 5) is 34.9. The number of benzene rings is 1. The summed E-state index contributed by atoms with van der Waals surface area (Å²) in [7, 11) is 0. The van der Waals surface area contributed by atoms with Gasteiger partial charge in [0.05, 0.1) is 18.2 Å².